The summed E-state index contributed by atoms with van der Waals surface area (Å²) in [5, 5.41) is 3.58. The quantitative estimate of drug-likeness (QED) is 0.841. The van der Waals surface area contributed by atoms with Gasteiger partial charge in [-0.1, -0.05) is 48.5 Å². The van der Waals surface area contributed by atoms with Crippen molar-refractivity contribution in [2.45, 2.75) is 19.4 Å². The molecule has 0 aromatic heterocycles. The fourth-order valence-corrected chi connectivity index (χ4v) is 3.16. The SMILES string of the molecule is CCOC(=O)CN=C1C(c2ccccc2)NCCCN1c1ccccc1. The Morgan fingerprint density at radius 3 is 2.54 bits per heavy atom. The Labute approximate surface area is 154 Å². The molecule has 2 aromatic carbocycles. The molecule has 1 unspecified atom stereocenters. The minimum Gasteiger partial charge on any atom is -0.465 e. The number of amidine groups is 1. The van der Waals surface area contributed by atoms with Crippen LogP contribution in [0.4, 0.5) is 5.69 Å². The van der Waals surface area contributed by atoms with E-state index in [1.165, 1.54) is 0 Å². The van der Waals surface area contributed by atoms with E-state index in [4.69, 9.17) is 4.74 Å². The Kier molecular flexibility index (Phi) is 6.39. The van der Waals surface area contributed by atoms with Crippen LogP contribution in [0, 0.1) is 0 Å². The van der Waals surface area contributed by atoms with Gasteiger partial charge >= 0.3 is 5.97 Å². The maximum atomic E-state index is 11.9. The van der Waals surface area contributed by atoms with Gasteiger partial charge in [-0.3, -0.25) is 9.79 Å². The van der Waals surface area contributed by atoms with Crippen molar-refractivity contribution in [1.82, 2.24) is 5.32 Å². The van der Waals surface area contributed by atoms with Crippen LogP contribution >= 0.6 is 0 Å². The molecule has 1 fully saturated rings. The van der Waals surface area contributed by atoms with E-state index >= 15 is 0 Å². The van der Waals surface area contributed by atoms with Gasteiger partial charge in [0, 0.05) is 12.2 Å². The molecule has 3 rings (SSSR count). The third-order valence-electron chi connectivity index (χ3n) is 4.32. The predicted molar refractivity (Wildman–Crippen MR) is 105 cm³/mol. The van der Waals surface area contributed by atoms with Crippen LogP contribution in [0.1, 0.15) is 24.9 Å². The molecule has 2 aromatic rings. The predicted octanol–water partition coefficient (Wildman–Crippen LogP) is 3.19. The maximum absolute atomic E-state index is 11.9. The van der Waals surface area contributed by atoms with Crippen molar-refractivity contribution in [3.8, 4) is 0 Å². The number of ether oxygens (including phenoxy) is 1. The van der Waals surface area contributed by atoms with Crippen molar-refractivity contribution in [2.75, 3.05) is 31.1 Å². The lowest BCUT2D eigenvalue weighted by atomic mass is 10.0. The second kappa shape index (κ2) is 9.15. The van der Waals surface area contributed by atoms with Crippen LogP contribution in [0.5, 0.6) is 0 Å². The Morgan fingerprint density at radius 2 is 1.85 bits per heavy atom. The lowest BCUT2D eigenvalue weighted by Gasteiger charge is -2.29. The summed E-state index contributed by atoms with van der Waals surface area (Å²) in [6.45, 7) is 3.94. The van der Waals surface area contributed by atoms with E-state index in [9.17, 15) is 4.79 Å². The summed E-state index contributed by atoms with van der Waals surface area (Å²) in [5.41, 5.74) is 2.22. The molecule has 1 heterocycles. The van der Waals surface area contributed by atoms with Crippen molar-refractivity contribution in [1.29, 1.82) is 0 Å². The fourth-order valence-electron chi connectivity index (χ4n) is 3.16. The van der Waals surface area contributed by atoms with Gasteiger partial charge < -0.3 is 15.0 Å². The highest BCUT2D eigenvalue weighted by molar-refractivity contribution is 6.03. The van der Waals surface area contributed by atoms with Gasteiger partial charge in [-0.2, -0.15) is 0 Å². The first-order valence-corrected chi connectivity index (χ1v) is 9.10. The number of anilines is 1. The molecule has 1 aliphatic rings. The first kappa shape index (κ1) is 18.1. The van der Waals surface area contributed by atoms with Gasteiger partial charge in [0.15, 0.2) is 0 Å². The van der Waals surface area contributed by atoms with Crippen LogP contribution in [0.15, 0.2) is 65.7 Å². The molecule has 1 aliphatic heterocycles. The van der Waals surface area contributed by atoms with Crippen molar-refractivity contribution in [2.24, 2.45) is 4.99 Å². The first-order valence-electron chi connectivity index (χ1n) is 9.10. The summed E-state index contributed by atoms with van der Waals surface area (Å²) in [7, 11) is 0. The number of para-hydroxylation sites is 1. The zero-order chi connectivity index (χ0) is 18.2. The number of carbonyl (C=O) groups is 1. The molecule has 26 heavy (non-hydrogen) atoms. The number of nitrogens with zero attached hydrogens (tertiary/aromatic N) is 2. The zero-order valence-electron chi connectivity index (χ0n) is 15.1. The molecule has 0 aliphatic carbocycles. The molecule has 0 amide bonds. The standard InChI is InChI=1S/C21H25N3O2/c1-2-26-19(25)16-23-21-20(17-10-5-3-6-11-17)22-14-9-15-24(21)18-12-7-4-8-13-18/h3-8,10-13,20,22H,2,9,14-16H2,1H3. The normalized spacial score (nSPS) is 19.2. The summed E-state index contributed by atoms with van der Waals surface area (Å²) in [6, 6.07) is 20.4. The largest absolute Gasteiger partial charge is 0.465 e. The highest BCUT2D eigenvalue weighted by Crippen LogP contribution is 2.24. The van der Waals surface area contributed by atoms with Gasteiger partial charge in [0.05, 0.1) is 12.6 Å². The lowest BCUT2D eigenvalue weighted by molar-refractivity contribution is -0.141. The monoisotopic (exact) mass is 351 g/mol. The zero-order valence-corrected chi connectivity index (χ0v) is 15.1. The molecule has 5 heteroatoms. The second-order valence-corrected chi connectivity index (χ2v) is 6.12. The van der Waals surface area contributed by atoms with E-state index in [-0.39, 0.29) is 18.6 Å². The van der Waals surface area contributed by atoms with Crippen LogP contribution in [-0.4, -0.2) is 38.0 Å². The topological polar surface area (TPSA) is 53.9 Å². The van der Waals surface area contributed by atoms with Crippen LogP contribution in [0.2, 0.25) is 0 Å². The van der Waals surface area contributed by atoms with Gasteiger partial charge in [-0.05, 0) is 37.6 Å². The molecule has 136 valence electrons. The van der Waals surface area contributed by atoms with Gasteiger partial charge in [-0.15, -0.1) is 0 Å². The van der Waals surface area contributed by atoms with Crippen LogP contribution in [0.3, 0.4) is 0 Å². The molecule has 0 radical (unpaired) electrons. The maximum Gasteiger partial charge on any atom is 0.327 e. The molecule has 0 bridgehead atoms. The van der Waals surface area contributed by atoms with E-state index in [1.807, 2.05) is 36.4 Å². The highest BCUT2D eigenvalue weighted by Gasteiger charge is 2.27. The molecule has 1 saturated heterocycles. The Morgan fingerprint density at radius 1 is 1.15 bits per heavy atom. The van der Waals surface area contributed by atoms with E-state index in [2.05, 4.69) is 39.5 Å². The van der Waals surface area contributed by atoms with Crippen LogP contribution < -0.4 is 10.2 Å². The van der Waals surface area contributed by atoms with Crippen LogP contribution in [0.25, 0.3) is 0 Å². The number of nitrogens with one attached hydrogen (secondary N) is 1. The van der Waals surface area contributed by atoms with Gasteiger partial charge in [-0.25, -0.2) is 0 Å². The lowest BCUT2D eigenvalue weighted by Crippen LogP contribution is -2.38. The summed E-state index contributed by atoms with van der Waals surface area (Å²) < 4.78 is 5.06. The van der Waals surface area contributed by atoms with Crippen molar-refractivity contribution in [3.63, 3.8) is 0 Å². The van der Waals surface area contributed by atoms with E-state index in [1.54, 1.807) is 6.92 Å². The highest BCUT2D eigenvalue weighted by atomic mass is 16.5. The van der Waals surface area contributed by atoms with Crippen molar-refractivity contribution >= 4 is 17.5 Å². The Hall–Kier alpha value is -2.66. The van der Waals surface area contributed by atoms with E-state index in [0.29, 0.717) is 6.61 Å². The number of rotatable bonds is 5. The molecule has 5 nitrogen and oxygen atoms in total. The second-order valence-electron chi connectivity index (χ2n) is 6.12. The molecule has 0 spiro atoms. The third kappa shape index (κ3) is 4.49. The van der Waals surface area contributed by atoms with E-state index in [0.717, 1.165) is 36.6 Å². The minimum absolute atomic E-state index is 0.0253. The Balaban J connectivity index is 1.98. The first-order chi connectivity index (χ1) is 12.8. The molecule has 0 saturated carbocycles. The number of aliphatic imine (C=N–C) groups is 1. The number of esters is 1. The number of benzene rings is 2. The van der Waals surface area contributed by atoms with Crippen LogP contribution in [-0.2, 0) is 9.53 Å². The average Bonchev–Trinajstić information content (AvgIpc) is 2.90. The Bertz CT molecular complexity index is 680. The summed E-state index contributed by atoms with van der Waals surface area (Å²) in [5.74, 6) is 0.553. The number of hydrogen-bond acceptors (Lipinski definition) is 4. The molecule has 1 atom stereocenters. The van der Waals surface area contributed by atoms with Gasteiger partial charge in [0.1, 0.15) is 12.4 Å². The average molecular weight is 351 g/mol. The summed E-state index contributed by atoms with van der Waals surface area (Å²) in [4.78, 5) is 18.8. The van der Waals surface area contributed by atoms with E-state index < -0.39 is 0 Å². The molecular formula is C21H25N3O2. The van der Waals surface area contributed by atoms with Crippen molar-refractivity contribution in [3.05, 3.63) is 66.2 Å². The van der Waals surface area contributed by atoms with Gasteiger partial charge in [0.25, 0.3) is 0 Å². The van der Waals surface area contributed by atoms with Crippen molar-refractivity contribution < 1.29 is 9.53 Å². The fraction of sp³-hybridized carbons (Fsp3) is 0.333. The number of hydrogen-bond donors (Lipinski definition) is 1. The molecule has 1 N–H and O–H groups in total. The third-order valence-corrected chi connectivity index (χ3v) is 4.32. The smallest absolute Gasteiger partial charge is 0.327 e. The van der Waals surface area contributed by atoms with Gasteiger partial charge in [0.2, 0.25) is 0 Å². The molecular weight excluding hydrogens is 326 g/mol. The summed E-state index contributed by atoms with van der Waals surface area (Å²) in [6.07, 6.45) is 0.997. The number of carbonyl (C=O) groups excluding carboxylic acids is 1. The summed E-state index contributed by atoms with van der Waals surface area (Å²) >= 11 is 0. The minimum atomic E-state index is -0.302.